The Balaban J connectivity index is 0.00000128. The first-order valence-electron chi connectivity index (χ1n) is 4.80. The SMILES string of the molecule is Cl.N[C@H](CCF)c1c[nH]c2ccc(Br)cc12. The fourth-order valence-corrected chi connectivity index (χ4v) is 2.06. The van der Waals surface area contributed by atoms with Gasteiger partial charge in [0.25, 0.3) is 0 Å². The summed E-state index contributed by atoms with van der Waals surface area (Å²) in [4.78, 5) is 3.13. The van der Waals surface area contributed by atoms with Crippen LogP contribution < -0.4 is 5.73 Å². The van der Waals surface area contributed by atoms with Crippen LogP contribution in [0.3, 0.4) is 0 Å². The number of nitrogens with two attached hydrogens (primary N) is 1. The van der Waals surface area contributed by atoms with E-state index in [2.05, 4.69) is 20.9 Å². The van der Waals surface area contributed by atoms with Crippen molar-refractivity contribution in [3.63, 3.8) is 0 Å². The van der Waals surface area contributed by atoms with E-state index in [9.17, 15) is 4.39 Å². The molecular weight excluding hydrogens is 294 g/mol. The molecule has 2 aromatic rings. The first-order chi connectivity index (χ1) is 7.22. The number of alkyl halides is 1. The average molecular weight is 308 g/mol. The fourth-order valence-electron chi connectivity index (χ4n) is 1.69. The number of benzene rings is 1. The number of aromatic nitrogens is 1. The van der Waals surface area contributed by atoms with Crippen LogP contribution >= 0.6 is 28.3 Å². The number of nitrogens with one attached hydrogen (secondary N) is 1. The van der Waals surface area contributed by atoms with Crippen molar-refractivity contribution in [3.05, 3.63) is 34.4 Å². The maximum Gasteiger partial charge on any atom is 0.0912 e. The lowest BCUT2D eigenvalue weighted by atomic mass is 10.0. The van der Waals surface area contributed by atoms with Gasteiger partial charge in [-0.25, -0.2) is 0 Å². The number of aromatic amines is 1. The van der Waals surface area contributed by atoms with Crippen molar-refractivity contribution >= 4 is 39.2 Å². The van der Waals surface area contributed by atoms with Crippen LogP contribution in [0, 0.1) is 0 Å². The molecule has 0 unspecified atom stereocenters. The lowest BCUT2D eigenvalue weighted by Crippen LogP contribution is -2.10. The molecule has 1 atom stereocenters. The summed E-state index contributed by atoms with van der Waals surface area (Å²) in [7, 11) is 0. The number of hydrogen-bond acceptors (Lipinski definition) is 1. The highest BCUT2D eigenvalue weighted by molar-refractivity contribution is 9.10. The van der Waals surface area contributed by atoms with Crippen LogP contribution in [0.5, 0.6) is 0 Å². The van der Waals surface area contributed by atoms with E-state index in [1.807, 2.05) is 24.4 Å². The molecule has 0 saturated heterocycles. The summed E-state index contributed by atoms with van der Waals surface area (Å²) < 4.78 is 13.2. The monoisotopic (exact) mass is 306 g/mol. The molecule has 0 aliphatic carbocycles. The fraction of sp³-hybridized carbons (Fsp3) is 0.273. The molecule has 3 N–H and O–H groups in total. The number of rotatable bonds is 3. The minimum absolute atomic E-state index is 0. The van der Waals surface area contributed by atoms with Crippen LogP contribution in [0.4, 0.5) is 4.39 Å². The summed E-state index contributed by atoms with van der Waals surface area (Å²) in [6.07, 6.45) is 2.22. The Morgan fingerprint density at radius 3 is 2.88 bits per heavy atom. The van der Waals surface area contributed by atoms with Crippen LogP contribution in [0.1, 0.15) is 18.0 Å². The summed E-state index contributed by atoms with van der Waals surface area (Å²) in [5.74, 6) is 0. The van der Waals surface area contributed by atoms with Crippen molar-refractivity contribution in [1.82, 2.24) is 4.98 Å². The van der Waals surface area contributed by atoms with Gasteiger partial charge in [0, 0.05) is 27.6 Å². The van der Waals surface area contributed by atoms with Gasteiger partial charge >= 0.3 is 0 Å². The van der Waals surface area contributed by atoms with Crippen molar-refractivity contribution in [2.24, 2.45) is 5.73 Å². The molecule has 1 aromatic carbocycles. The van der Waals surface area contributed by atoms with E-state index in [-0.39, 0.29) is 25.1 Å². The van der Waals surface area contributed by atoms with E-state index in [1.54, 1.807) is 0 Å². The van der Waals surface area contributed by atoms with E-state index >= 15 is 0 Å². The van der Waals surface area contributed by atoms with Crippen LogP contribution in [0.25, 0.3) is 10.9 Å². The quantitative estimate of drug-likeness (QED) is 0.892. The smallest absolute Gasteiger partial charge is 0.0912 e. The predicted molar refractivity (Wildman–Crippen MR) is 70.8 cm³/mol. The van der Waals surface area contributed by atoms with E-state index in [0.717, 1.165) is 20.9 Å². The number of halogens is 3. The molecule has 0 spiro atoms. The highest BCUT2D eigenvalue weighted by Gasteiger charge is 2.11. The van der Waals surface area contributed by atoms with Crippen molar-refractivity contribution in [3.8, 4) is 0 Å². The molecule has 1 aromatic heterocycles. The van der Waals surface area contributed by atoms with Crippen molar-refractivity contribution in [1.29, 1.82) is 0 Å². The van der Waals surface area contributed by atoms with E-state index < -0.39 is 0 Å². The highest BCUT2D eigenvalue weighted by Crippen LogP contribution is 2.27. The minimum atomic E-state index is -0.387. The molecule has 1 heterocycles. The van der Waals surface area contributed by atoms with Crippen LogP contribution in [-0.4, -0.2) is 11.7 Å². The molecule has 88 valence electrons. The van der Waals surface area contributed by atoms with Gasteiger partial charge in [0.05, 0.1) is 6.67 Å². The van der Waals surface area contributed by atoms with Crippen LogP contribution in [-0.2, 0) is 0 Å². The van der Waals surface area contributed by atoms with Crippen LogP contribution in [0.15, 0.2) is 28.9 Å². The molecule has 2 rings (SSSR count). The summed E-state index contributed by atoms with van der Waals surface area (Å²) in [6.45, 7) is -0.387. The molecular formula is C11H13BrClFN2. The third-order valence-electron chi connectivity index (χ3n) is 2.50. The number of hydrogen-bond donors (Lipinski definition) is 2. The van der Waals surface area contributed by atoms with Crippen molar-refractivity contribution in [2.45, 2.75) is 12.5 Å². The van der Waals surface area contributed by atoms with Crippen molar-refractivity contribution < 1.29 is 4.39 Å². The Bertz CT molecular complexity index is 472. The molecule has 16 heavy (non-hydrogen) atoms. The van der Waals surface area contributed by atoms with Gasteiger partial charge in [0.15, 0.2) is 0 Å². The van der Waals surface area contributed by atoms with Gasteiger partial charge in [0.2, 0.25) is 0 Å². The maximum atomic E-state index is 12.2. The van der Waals surface area contributed by atoms with Gasteiger partial charge in [-0.05, 0) is 30.2 Å². The Morgan fingerprint density at radius 2 is 2.19 bits per heavy atom. The molecule has 2 nitrogen and oxygen atoms in total. The number of H-pyrrole nitrogens is 1. The van der Waals surface area contributed by atoms with E-state index in [0.29, 0.717) is 6.42 Å². The highest BCUT2D eigenvalue weighted by atomic mass is 79.9. The molecule has 0 aliphatic rings. The largest absolute Gasteiger partial charge is 0.361 e. The third kappa shape index (κ3) is 2.56. The summed E-state index contributed by atoms with van der Waals surface area (Å²) in [5.41, 5.74) is 7.90. The zero-order valence-electron chi connectivity index (χ0n) is 8.54. The molecule has 0 radical (unpaired) electrons. The molecule has 0 bridgehead atoms. The summed E-state index contributed by atoms with van der Waals surface area (Å²) in [6, 6.07) is 5.70. The van der Waals surface area contributed by atoms with Gasteiger partial charge < -0.3 is 10.7 Å². The molecule has 0 fully saturated rings. The van der Waals surface area contributed by atoms with Crippen molar-refractivity contribution in [2.75, 3.05) is 6.67 Å². The second-order valence-corrected chi connectivity index (χ2v) is 4.43. The maximum absolute atomic E-state index is 12.2. The summed E-state index contributed by atoms with van der Waals surface area (Å²) in [5, 5.41) is 1.06. The zero-order valence-corrected chi connectivity index (χ0v) is 10.9. The predicted octanol–water partition coefficient (Wildman–Crippen LogP) is 3.71. The Hall–Kier alpha value is -0.580. The zero-order chi connectivity index (χ0) is 10.8. The van der Waals surface area contributed by atoms with E-state index in [1.165, 1.54) is 0 Å². The Morgan fingerprint density at radius 1 is 1.44 bits per heavy atom. The second kappa shape index (κ2) is 5.66. The molecule has 0 amide bonds. The van der Waals surface area contributed by atoms with Gasteiger partial charge in [0.1, 0.15) is 0 Å². The average Bonchev–Trinajstić information content (AvgIpc) is 2.60. The lowest BCUT2D eigenvalue weighted by molar-refractivity contribution is 0.443. The topological polar surface area (TPSA) is 41.8 Å². The van der Waals surface area contributed by atoms with Crippen LogP contribution in [0.2, 0.25) is 0 Å². The first kappa shape index (κ1) is 13.5. The van der Waals surface area contributed by atoms with Gasteiger partial charge in [-0.3, -0.25) is 4.39 Å². The van der Waals surface area contributed by atoms with Gasteiger partial charge in [-0.15, -0.1) is 12.4 Å². The van der Waals surface area contributed by atoms with Gasteiger partial charge in [-0.1, -0.05) is 15.9 Å². The standard InChI is InChI=1S/C11H12BrFN2.ClH/c12-7-1-2-11-8(5-7)9(6-15-11)10(14)3-4-13;/h1-2,5-6,10,15H,3-4,14H2;1H/t10-;/m1./s1. The van der Waals surface area contributed by atoms with Gasteiger partial charge in [-0.2, -0.15) is 0 Å². The second-order valence-electron chi connectivity index (χ2n) is 3.52. The normalized spacial score (nSPS) is 12.4. The minimum Gasteiger partial charge on any atom is -0.361 e. The Labute approximate surface area is 108 Å². The lowest BCUT2D eigenvalue weighted by Gasteiger charge is -2.07. The number of fused-ring (bicyclic) bond motifs is 1. The Kier molecular flexibility index (Phi) is 4.77. The first-order valence-corrected chi connectivity index (χ1v) is 5.59. The molecule has 0 saturated carbocycles. The third-order valence-corrected chi connectivity index (χ3v) is 2.99. The summed E-state index contributed by atoms with van der Waals surface area (Å²) >= 11 is 3.41. The molecule has 0 aliphatic heterocycles. The molecule has 5 heteroatoms. The van der Waals surface area contributed by atoms with E-state index in [4.69, 9.17) is 5.73 Å².